The summed E-state index contributed by atoms with van der Waals surface area (Å²) < 4.78 is 14.3. The van der Waals surface area contributed by atoms with Crippen LogP contribution in [-0.4, -0.2) is 64.6 Å². The fraction of sp³-hybridized carbons (Fsp3) is 0.529. The number of likely N-dealkylation sites (tertiary alicyclic amines) is 1. The molecule has 4 atom stereocenters. The number of carboxylic acid groups (broad SMARTS) is 1. The van der Waals surface area contributed by atoms with Gasteiger partial charge >= 0.3 is 5.97 Å². The van der Waals surface area contributed by atoms with E-state index in [0.717, 1.165) is 67.1 Å². The van der Waals surface area contributed by atoms with Gasteiger partial charge in [0.1, 0.15) is 11.9 Å². The summed E-state index contributed by atoms with van der Waals surface area (Å²) in [5.41, 5.74) is 3.19. The molecule has 1 aliphatic carbocycles. The smallest absolute Gasteiger partial charge is 0.321 e. The number of aryl methyl sites for hydroxylation is 1. The molecule has 1 saturated carbocycles. The van der Waals surface area contributed by atoms with E-state index >= 15 is 0 Å². The van der Waals surface area contributed by atoms with E-state index < -0.39 is 12.0 Å². The Morgan fingerprint density at radius 1 is 1.11 bits per heavy atom. The van der Waals surface area contributed by atoms with Crippen molar-refractivity contribution in [3.05, 3.63) is 85.0 Å². The van der Waals surface area contributed by atoms with Gasteiger partial charge in [-0.15, -0.1) is 48.6 Å². The van der Waals surface area contributed by atoms with Crippen molar-refractivity contribution in [2.45, 2.75) is 76.8 Å². The molecule has 5 rings (SSSR count). The number of halogens is 6. The van der Waals surface area contributed by atoms with Crippen molar-refractivity contribution in [3.8, 4) is 0 Å². The largest absolute Gasteiger partial charge is 0.480 e. The molecule has 2 heterocycles. The highest BCUT2D eigenvalue weighted by Gasteiger charge is 2.42. The van der Waals surface area contributed by atoms with E-state index in [2.05, 4.69) is 16.7 Å². The molecule has 12 heteroatoms. The van der Waals surface area contributed by atoms with Gasteiger partial charge in [-0.25, -0.2) is 9.37 Å². The number of carbonyl (C=O) groups is 1. The van der Waals surface area contributed by atoms with Crippen LogP contribution in [0.25, 0.3) is 0 Å². The Bertz CT molecular complexity index is 1440. The Morgan fingerprint density at radius 3 is 2.41 bits per heavy atom. The minimum Gasteiger partial charge on any atom is -0.480 e. The van der Waals surface area contributed by atoms with E-state index in [9.17, 15) is 14.3 Å². The van der Waals surface area contributed by atoms with Crippen LogP contribution < -0.4 is 0 Å². The molecular formula is C34H45Cl5FN3O2S. The number of nitrogens with zero attached hydrogens (tertiary/aromatic N) is 3. The number of hydrogen-bond acceptors (Lipinski definition) is 5. The van der Waals surface area contributed by atoms with E-state index in [0.29, 0.717) is 28.3 Å². The van der Waals surface area contributed by atoms with Crippen LogP contribution in [0.5, 0.6) is 0 Å². The highest BCUT2D eigenvalue weighted by atomic mass is 35.5. The van der Waals surface area contributed by atoms with Crippen LogP contribution in [0.1, 0.15) is 78.1 Å². The second-order valence-electron chi connectivity index (χ2n) is 12.8. The summed E-state index contributed by atoms with van der Waals surface area (Å²) in [5.74, 6) is 0.0565. The SMILES string of the molecule is Cc1nc(Cc2ccc(Cl)cc2Cl)sc1C1CCN(CC2CC(N(C)[C@@H](C(=O)O)C(C)C)CC2c2cccc(F)c2)CC1.Cl.Cl.Cl. The lowest BCUT2D eigenvalue weighted by Crippen LogP contribution is -2.47. The molecule has 256 valence electrons. The lowest BCUT2D eigenvalue weighted by molar-refractivity contribution is -0.145. The predicted octanol–water partition coefficient (Wildman–Crippen LogP) is 9.54. The van der Waals surface area contributed by atoms with Crippen molar-refractivity contribution >= 4 is 77.7 Å². The summed E-state index contributed by atoms with van der Waals surface area (Å²) in [6.07, 6.45) is 4.63. The van der Waals surface area contributed by atoms with E-state index in [1.54, 1.807) is 18.2 Å². The van der Waals surface area contributed by atoms with E-state index in [1.165, 1.54) is 10.9 Å². The molecule has 2 aliphatic rings. The van der Waals surface area contributed by atoms with Crippen LogP contribution in [0.15, 0.2) is 42.5 Å². The van der Waals surface area contributed by atoms with Crippen LogP contribution in [0, 0.1) is 24.6 Å². The molecule has 2 aromatic carbocycles. The van der Waals surface area contributed by atoms with Gasteiger partial charge in [0.15, 0.2) is 0 Å². The average molecular weight is 756 g/mol. The molecule has 1 aliphatic heterocycles. The van der Waals surface area contributed by atoms with Crippen molar-refractivity contribution < 1.29 is 14.3 Å². The molecule has 1 aromatic heterocycles. The second-order valence-corrected chi connectivity index (χ2v) is 14.7. The van der Waals surface area contributed by atoms with Crippen LogP contribution in [0.2, 0.25) is 10.0 Å². The zero-order valence-electron chi connectivity index (χ0n) is 26.6. The lowest BCUT2D eigenvalue weighted by atomic mass is 9.87. The first-order chi connectivity index (χ1) is 20.5. The van der Waals surface area contributed by atoms with Crippen LogP contribution in [0.4, 0.5) is 4.39 Å². The van der Waals surface area contributed by atoms with Gasteiger partial charge in [0, 0.05) is 33.9 Å². The topological polar surface area (TPSA) is 56.7 Å². The fourth-order valence-electron chi connectivity index (χ4n) is 7.39. The number of piperidine rings is 1. The second kappa shape index (κ2) is 18.0. The number of carboxylic acids is 1. The first-order valence-electron chi connectivity index (χ1n) is 15.3. The number of thiazole rings is 1. The third-order valence-electron chi connectivity index (χ3n) is 9.53. The number of aromatic nitrogens is 1. The van der Waals surface area contributed by atoms with Crippen LogP contribution in [0.3, 0.4) is 0 Å². The summed E-state index contributed by atoms with van der Waals surface area (Å²) in [5, 5.41) is 12.3. The quantitative estimate of drug-likeness (QED) is 0.224. The van der Waals surface area contributed by atoms with Crippen LogP contribution >= 0.6 is 71.8 Å². The van der Waals surface area contributed by atoms with Gasteiger partial charge in [-0.3, -0.25) is 9.69 Å². The molecule has 0 spiro atoms. The number of aliphatic carboxylic acids is 1. The standard InChI is InChI=1S/C34H42Cl2FN3O2S.3ClH/c1-20(2)32(34(41)42)39(4)28-15-25(29(18-28)23-6-5-7-27(37)14-23)19-40-12-10-22(11-13-40)33-21(3)38-31(43-33)16-24-8-9-26(35)17-30(24)36;;;/h5-9,14,17,20,22,25,28-29,32H,10-13,15-16,18-19H2,1-4H3,(H,41,42);3*1H/t25?,28?,29?,32-;;;/m1.../s1. The number of rotatable bonds is 10. The minimum atomic E-state index is -0.775. The Balaban J connectivity index is 0.00000245. The molecule has 0 amide bonds. The van der Waals surface area contributed by atoms with Crippen molar-refractivity contribution in [2.75, 3.05) is 26.7 Å². The number of likely N-dealkylation sites (N-methyl/N-ethyl adjacent to an activating group) is 1. The fourth-order valence-corrected chi connectivity index (χ4v) is 9.12. The summed E-state index contributed by atoms with van der Waals surface area (Å²) >= 11 is 14.3. The van der Waals surface area contributed by atoms with Crippen molar-refractivity contribution in [1.82, 2.24) is 14.8 Å². The maximum absolute atomic E-state index is 14.3. The maximum atomic E-state index is 14.3. The summed E-state index contributed by atoms with van der Waals surface area (Å²) in [7, 11) is 1.95. The Hall–Kier alpha value is -1.16. The first-order valence-corrected chi connectivity index (χ1v) is 16.9. The average Bonchev–Trinajstić information content (AvgIpc) is 3.53. The normalized spacial score (nSPS) is 21.0. The van der Waals surface area contributed by atoms with E-state index in [1.807, 2.05) is 50.4 Å². The summed E-state index contributed by atoms with van der Waals surface area (Å²) in [6.45, 7) is 9.02. The van der Waals surface area contributed by atoms with Crippen molar-refractivity contribution in [3.63, 3.8) is 0 Å². The highest BCUT2D eigenvalue weighted by molar-refractivity contribution is 7.11. The summed E-state index contributed by atoms with van der Waals surface area (Å²) in [4.78, 5) is 23.0. The van der Waals surface area contributed by atoms with Gasteiger partial charge in [-0.2, -0.15) is 0 Å². The van der Waals surface area contributed by atoms with Gasteiger partial charge in [0.2, 0.25) is 0 Å². The van der Waals surface area contributed by atoms with Gasteiger partial charge in [-0.05, 0) is 112 Å². The van der Waals surface area contributed by atoms with Gasteiger partial charge in [-0.1, -0.05) is 55.2 Å². The third-order valence-corrected chi connectivity index (χ3v) is 11.4. The molecule has 0 radical (unpaired) electrons. The lowest BCUT2D eigenvalue weighted by Gasteiger charge is -2.35. The maximum Gasteiger partial charge on any atom is 0.321 e. The molecule has 1 N–H and O–H groups in total. The Morgan fingerprint density at radius 2 is 1.80 bits per heavy atom. The van der Waals surface area contributed by atoms with Gasteiger partial charge in [0.05, 0.1) is 10.7 Å². The van der Waals surface area contributed by atoms with Crippen LogP contribution in [-0.2, 0) is 11.2 Å². The molecule has 46 heavy (non-hydrogen) atoms. The number of hydrogen-bond donors (Lipinski definition) is 1. The predicted molar refractivity (Wildman–Crippen MR) is 196 cm³/mol. The zero-order chi connectivity index (χ0) is 30.8. The molecule has 3 unspecified atom stereocenters. The van der Waals surface area contributed by atoms with Gasteiger partial charge < -0.3 is 10.0 Å². The van der Waals surface area contributed by atoms with Crippen molar-refractivity contribution in [2.24, 2.45) is 11.8 Å². The Kier molecular flexibility index (Phi) is 16.1. The molecule has 5 nitrogen and oxygen atoms in total. The summed E-state index contributed by atoms with van der Waals surface area (Å²) in [6, 6.07) is 12.3. The zero-order valence-corrected chi connectivity index (χ0v) is 31.4. The molecular weight excluding hydrogens is 711 g/mol. The Labute approximate surface area is 305 Å². The number of benzene rings is 2. The van der Waals surface area contributed by atoms with Gasteiger partial charge in [0.25, 0.3) is 0 Å². The van der Waals surface area contributed by atoms with Crippen molar-refractivity contribution in [1.29, 1.82) is 0 Å². The highest BCUT2D eigenvalue weighted by Crippen LogP contribution is 2.44. The molecule has 0 bridgehead atoms. The third kappa shape index (κ3) is 9.72. The monoisotopic (exact) mass is 753 g/mol. The molecule has 3 aromatic rings. The molecule has 1 saturated heterocycles. The van der Waals surface area contributed by atoms with E-state index in [4.69, 9.17) is 28.2 Å². The molecule has 2 fully saturated rings. The first kappa shape index (κ1) is 41.0. The van der Waals surface area contributed by atoms with E-state index in [-0.39, 0.29) is 60.9 Å². The minimum absolute atomic E-state index is 0.